The van der Waals surface area contributed by atoms with Crippen LogP contribution in [0.1, 0.15) is 37.7 Å². The van der Waals surface area contributed by atoms with Gasteiger partial charge in [0.25, 0.3) is 5.43 Å². The molecule has 4 rings (SSSR count). The maximum atomic E-state index is 13.8. The average Bonchev–Trinajstić information content (AvgIpc) is 3.34. The van der Waals surface area contributed by atoms with Gasteiger partial charge in [-0.25, -0.2) is 0 Å². The van der Waals surface area contributed by atoms with Crippen LogP contribution in [0.4, 0.5) is 8.63 Å². The topological polar surface area (TPSA) is 60.7 Å². The van der Waals surface area contributed by atoms with Crippen LogP contribution >= 0.6 is 0 Å². The van der Waals surface area contributed by atoms with Crippen molar-refractivity contribution in [1.82, 2.24) is 4.48 Å². The van der Waals surface area contributed by atoms with Crippen molar-refractivity contribution in [2.45, 2.75) is 33.8 Å². The molecule has 0 unspecified atom stereocenters. The minimum atomic E-state index is -2.70. The fourth-order valence-corrected chi connectivity index (χ4v) is 3.83. The molecule has 5 nitrogen and oxygen atoms in total. The third-order valence-corrected chi connectivity index (χ3v) is 5.29. The van der Waals surface area contributed by atoms with Gasteiger partial charge in [-0.15, -0.1) is 0 Å². The number of halogens is 2. The summed E-state index contributed by atoms with van der Waals surface area (Å²) in [5.41, 5.74) is 2.92. The third kappa shape index (κ3) is 3.66. The number of rotatable bonds is 6. The largest absolute Gasteiger partial charge is 0.677 e. The number of aryl methyl sites for hydroxylation is 1. The zero-order chi connectivity index (χ0) is 23.2. The third-order valence-electron chi connectivity index (χ3n) is 5.29. The van der Waals surface area contributed by atoms with Crippen molar-refractivity contribution in [3.63, 3.8) is 0 Å². The average molecular weight is 434 g/mol. The SMILES string of the molecule is CC1=N/C(=C(/c2ccc(-c3c(OC(C)C)c(=O)c3=O)cc2)c2ccc(C)n2B(F)F)C=C1. The van der Waals surface area contributed by atoms with Crippen molar-refractivity contribution in [2.75, 3.05) is 0 Å². The molecule has 2 aromatic carbocycles. The Kier molecular flexibility index (Phi) is 5.54. The number of benzene rings is 1. The Morgan fingerprint density at radius 2 is 1.69 bits per heavy atom. The summed E-state index contributed by atoms with van der Waals surface area (Å²) in [6.07, 6.45) is 3.38. The van der Waals surface area contributed by atoms with Gasteiger partial charge in [-0.1, -0.05) is 24.3 Å². The van der Waals surface area contributed by atoms with Gasteiger partial charge in [0, 0.05) is 22.7 Å². The van der Waals surface area contributed by atoms with Crippen LogP contribution in [0.2, 0.25) is 0 Å². The molecule has 0 saturated carbocycles. The van der Waals surface area contributed by atoms with Gasteiger partial charge in [0.2, 0.25) is 5.43 Å². The van der Waals surface area contributed by atoms with Crippen LogP contribution in [0.15, 0.2) is 68.8 Å². The smallest absolute Gasteiger partial charge is 0.486 e. The van der Waals surface area contributed by atoms with Crippen LogP contribution in [-0.2, 0) is 0 Å². The van der Waals surface area contributed by atoms with E-state index in [2.05, 4.69) is 4.99 Å². The van der Waals surface area contributed by atoms with Gasteiger partial charge < -0.3 is 9.21 Å². The van der Waals surface area contributed by atoms with Crippen LogP contribution < -0.4 is 15.6 Å². The Morgan fingerprint density at radius 3 is 2.25 bits per heavy atom. The van der Waals surface area contributed by atoms with E-state index in [-0.39, 0.29) is 17.4 Å². The molecule has 1 aliphatic heterocycles. The van der Waals surface area contributed by atoms with Crippen molar-refractivity contribution < 1.29 is 13.4 Å². The maximum Gasteiger partial charge on any atom is 0.677 e. The summed E-state index contributed by atoms with van der Waals surface area (Å²) in [6.45, 7) is 7.02. The Bertz CT molecular complexity index is 1360. The number of aliphatic imine (C=N–C) groups is 1. The summed E-state index contributed by atoms with van der Waals surface area (Å²) in [5.74, 6) is 0.0671. The molecule has 1 aliphatic rings. The Labute approximate surface area is 184 Å². The second kappa shape index (κ2) is 8.18. The summed E-state index contributed by atoms with van der Waals surface area (Å²) in [6, 6.07) is 10.2. The minimum Gasteiger partial charge on any atom is -0.486 e. The van der Waals surface area contributed by atoms with Crippen molar-refractivity contribution >= 4 is 18.7 Å². The van der Waals surface area contributed by atoms with Gasteiger partial charge >= 0.3 is 7.40 Å². The Hall–Kier alpha value is -3.55. The lowest BCUT2D eigenvalue weighted by Gasteiger charge is -2.17. The molecular weight excluding hydrogens is 413 g/mol. The monoisotopic (exact) mass is 434 g/mol. The van der Waals surface area contributed by atoms with E-state index >= 15 is 0 Å². The fraction of sp³-hybridized carbons (Fsp3) is 0.208. The molecule has 0 saturated heterocycles. The molecule has 0 amide bonds. The van der Waals surface area contributed by atoms with E-state index in [1.165, 1.54) is 0 Å². The van der Waals surface area contributed by atoms with Gasteiger partial charge in [0.05, 0.1) is 17.4 Å². The summed E-state index contributed by atoms with van der Waals surface area (Å²) in [7, 11) is -2.70. The molecule has 0 bridgehead atoms. The second-order valence-electron chi connectivity index (χ2n) is 7.96. The minimum absolute atomic E-state index is 0.0671. The first-order valence-corrected chi connectivity index (χ1v) is 10.2. The molecular formula is C24H21BF2N2O3. The van der Waals surface area contributed by atoms with E-state index in [0.29, 0.717) is 33.8 Å². The summed E-state index contributed by atoms with van der Waals surface area (Å²) in [4.78, 5) is 28.6. The predicted octanol–water partition coefficient (Wildman–Crippen LogP) is 4.41. The van der Waals surface area contributed by atoms with Gasteiger partial charge in [0.15, 0.2) is 5.75 Å². The van der Waals surface area contributed by atoms with Crippen LogP contribution in [-0.4, -0.2) is 23.7 Å². The highest BCUT2D eigenvalue weighted by Gasteiger charge is 2.27. The number of allylic oxidation sites excluding steroid dienone is 2. The Morgan fingerprint density at radius 1 is 1.00 bits per heavy atom. The highest BCUT2D eigenvalue weighted by molar-refractivity contribution is 6.41. The summed E-state index contributed by atoms with van der Waals surface area (Å²) >= 11 is 0. The number of aromatic nitrogens is 1. The number of hydrogen-bond donors (Lipinski definition) is 0. The van der Waals surface area contributed by atoms with Gasteiger partial charge in [-0.05, 0) is 63.1 Å². The first-order valence-electron chi connectivity index (χ1n) is 10.2. The van der Waals surface area contributed by atoms with Gasteiger partial charge in [0.1, 0.15) is 0 Å². The maximum absolute atomic E-state index is 13.8. The highest BCUT2D eigenvalue weighted by Crippen LogP contribution is 2.34. The number of nitrogens with zero attached hydrogens (tertiary/aromatic N) is 2. The van der Waals surface area contributed by atoms with Crippen molar-refractivity contribution in [2.24, 2.45) is 4.99 Å². The lowest BCUT2D eigenvalue weighted by Crippen LogP contribution is -2.35. The molecule has 0 fully saturated rings. The highest BCUT2D eigenvalue weighted by atomic mass is 19.2. The van der Waals surface area contributed by atoms with Gasteiger partial charge in [-0.3, -0.25) is 23.2 Å². The molecule has 0 N–H and O–H groups in total. The number of hydrogen-bond acceptors (Lipinski definition) is 4. The molecule has 0 atom stereocenters. The van der Waals surface area contributed by atoms with E-state index in [4.69, 9.17) is 4.74 Å². The molecule has 2 heterocycles. The zero-order valence-corrected chi connectivity index (χ0v) is 18.1. The standard InChI is InChI=1S/C24H21BF2N2O3/c1-13(2)32-24-21(22(30)23(24)31)17-9-7-16(8-10-17)20(18-11-5-14(3)28-18)19-12-6-15(4)29(19)25(26)27/h5-13H,1-4H3/b20-18-. The van der Waals surface area contributed by atoms with Crippen molar-refractivity contribution in [3.05, 3.63) is 91.6 Å². The van der Waals surface area contributed by atoms with Crippen molar-refractivity contribution in [1.29, 1.82) is 0 Å². The second-order valence-corrected chi connectivity index (χ2v) is 7.96. The van der Waals surface area contributed by atoms with Crippen LogP contribution in [0, 0.1) is 6.92 Å². The normalized spacial score (nSPS) is 14.9. The van der Waals surface area contributed by atoms with Gasteiger partial charge in [-0.2, -0.15) is 0 Å². The van der Waals surface area contributed by atoms with Crippen LogP contribution in [0.25, 0.3) is 16.7 Å². The van der Waals surface area contributed by atoms with E-state index in [0.717, 1.165) is 10.2 Å². The Balaban J connectivity index is 1.83. The lowest BCUT2D eigenvalue weighted by atomic mass is 9.94. The molecule has 162 valence electrons. The zero-order valence-electron chi connectivity index (χ0n) is 18.1. The van der Waals surface area contributed by atoms with E-state index in [1.54, 1.807) is 63.2 Å². The quantitative estimate of drug-likeness (QED) is 0.427. The fourth-order valence-electron chi connectivity index (χ4n) is 3.83. The van der Waals surface area contributed by atoms with E-state index in [1.807, 2.05) is 13.0 Å². The van der Waals surface area contributed by atoms with E-state index in [9.17, 15) is 18.2 Å². The summed E-state index contributed by atoms with van der Waals surface area (Å²) < 4.78 is 34.1. The molecule has 1 aromatic heterocycles. The first kappa shape index (κ1) is 21.7. The molecule has 0 aliphatic carbocycles. The van der Waals surface area contributed by atoms with E-state index < -0.39 is 18.3 Å². The van der Waals surface area contributed by atoms with Crippen LogP contribution in [0.5, 0.6) is 5.75 Å². The molecule has 8 heteroatoms. The van der Waals surface area contributed by atoms with Crippen LogP contribution in [0.3, 0.4) is 0 Å². The molecule has 0 spiro atoms. The first-order chi connectivity index (χ1) is 15.2. The molecule has 32 heavy (non-hydrogen) atoms. The predicted molar refractivity (Wildman–Crippen MR) is 123 cm³/mol. The summed E-state index contributed by atoms with van der Waals surface area (Å²) in [5, 5.41) is 0. The molecule has 0 radical (unpaired) electrons. The molecule has 3 aromatic rings. The lowest BCUT2D eigenvalue weighted by molar-refractivity contribution is 0.238. The number of ether oxygens (including phenoxy) is 1. The van der Waals surface area contributed by atoms with Crippen molar-refractivity contribution in [3.8, 4) is 16.9 Å².